The van der Waals surface area contributed by atoms with Gasteiger partial charge in [0, 0.05) is 29.8 Å². The highest BCUT2D eigenvalue weighted by Crippen LogP contribution is 2.26. The summed E-state index contributed by atoms with van der Waals surface area (Å²) in [6.45, 7) is 8.70. The fourth-order valence-corrected chi connectivity index (χ4v) is 4.36. The Kier molecular flexibility index (Phi) is 7.74. The summed E-state index contributed by atoms with van der Waals surface area (Å²) in [5.74, 6) is 0.0665. The van der Waals surface area contributed by atoms with Crippen LogP contribution in [0.2, 0.25) is 5.02 Å². The first-order valence-electron chi connectivity index (χ1n) is 10.1. The fourth-order valence-electron chi connectivity index (χ4n) is 3.13. The van der Waals surface area contributed by atoms with E-state index in [1.54, 1.807) is 25.3 Å². The first kappa shape index (κ1) is 23.0. The topological polar surface area (TPSA) is 62.0 Å². The number of carbonyl (C=O) groups excluding carboxylic acids is 1. The molecule has 0 unspecified atom stereocenters. The molecule has 0 spiro atoms. The first-order valence-corrected chi connectivity index (χ1v) is 11.3. The van der Waals surface area contributed by atoms with Gasteiger partial charge in [-0.1, -0.05) is 32.4 Å². The van der Waals surface area contributed by atoms with E-state index in [0.29, 0.717) is 40.9 Å². The molecule has 1 aliphatic rings. The predicted molar refractivity (Wildman–Crippen MR) is 119 cm³/mol. The molecule has 1 aromatic carbocycles. The lowest BCUT2D eigenvalue weighted by molar-refractivity contribution is 0.0947. The number of amides is 1. The van der Waals surface area contributed by atoms with Gasteiger partial charge in [0.2, 0.25) is 0 Å². The summed E-state index contributed by atoms with van der Waals surface area (Å²) in [6, 6.07) is 4.98. The average Bonchev–Trinajstić information content (AvgIpc) is 3.33. The highest BCUT2D eigenvalue weighted by Gasteiger charge is 2.22. The number of thiazole rings is 1. The van der Waals surface area contributed by atoms with Crippen LogP contribution >= 0.6 is 22.9 Å². The van der Waals surface area contributed by atoms with Crippen molar-refractivity contribution >= 4 is 28.8 Å². The Hall–Kier alpha value is -1.67. The Labute approximate surface area is 186 Å². The van der Waals surface area contributed by atoms with Gasteiger partial charge in [0.15, 0.2) is 4.80 Å². The summed E-state index contributed by atoms with van der Waals surface area (Å²) in [6.07, 6.45) is 4.33. The van der Waals surface area contributed by atoms with Crippen LogP contribution in [0.15, 0.2) is 29.4 Å². The number of ether oxygens (including phenoxy) is 3. The second-order valence-corrected chi connectivity index (χ2v) is 9.76. The van der Waals surface area contributed by atoms with Gasteiger partial charge in [0.1, 0.15) is 12.4 Å². The first-order chi connectivity index (χ1) is 14.3. The van der Waals surface area contributed by atoms with Gasteiger partial charge in [-0.2, -0.15) is 4.99 Å². The zero-order valence-corrected chi connectivity index (χ0v) is 19.5. The molecule has 8 heteroatoms. The van der Waals surface area contributed by atoms with Crippen molar-refractivity contribution in [2.45, 2.75) is 51.7 Å². The Morgan fingerprint density at radius 2 is 2.17 bits per heavy atom. The van der Waals surface area contributed by atoms with Crippen LogP contribution in [-0.4, -0.2) is 43.5 Å². The SMILES string of the molecule is COCCOc1ccc(Cl)cc1C(=O)N=c1sc(C(C)(C)C)cn1C[C@H]1CCCO1. The molecule has 30 heavy (non-hydrogen) atoms. The zero-order chi connectivity index (χ0) is 21.7. The maximum absolute atomic E-state index is 13.1. The molecule has 2 heterocycles. The normalized spacial score (nSPS) is 17.5. The molecular weight excluding hydrogens is 424 g/mol. The van der Waals surface area contributed by atoms with Gasteiger partial charge in [-0.15, -0.1) is 11.3 Å². The summed E-state index contributed by atoms with van der Waals surface area (Å²) in [7, 11) is 1.60. The van der Waals surface area contributed by atoms with E-state index in [1.807, 2.05) is 4.57 Å². The third kappa shape index (κ3) is 5.94. The van der Waals surface area contributed by atoms with Crippen LogP contribution in [0.4, 0.5) is 0 Å². The quantitative estimate of drug-likeness (QED) is 0.582. The minimum atomic E-state index is -0.381. The second kappa shape index (κ2) is 10.1. The number of rotatable bonds is 7. The molecule has 3 rings (SSSR count). The molecule has 0 aliphatic carbocycles. The van der Waals surface area contributed by atoms with Crippen molar-refractivity contribution in [3.05, 3.63) is 44.7 Å². The minimum absolute atomic E-state index is 0.0375. The van der Waals surface area contributed by atoms with Gasteiger partial charge in [-0.05, 0) is 36.5 Å². The molecule has 1 fully saturated rings. The van der Waals surface area contributed by atoms with E-state index in [-0.39, 0.29) is 17.4 Å². The summed E-state index contributed by atoms with van der Waals surface area (Å²) < 4.78 is 18.6. The third-order valence-corrected chi connectivity index (χ3v) is 6.48. The van der Waals surface area contributed by atoms with Crippen molar-refractivity contribution in [3.63, 3.8) is 0 Å². The van der Waals surface area contributed by atoms with Crippen molar-refractivity contribution in [2.24, 2.45) is 4.99 Å². The van der Waals surface area contributed by atoms with Crippen molar-refractivity contribution in [1.82, 2.24) is 4.57 Å². The summed E-state index contributed by atoms with van der Waals surface area (Å²) in [5.41, 5.74) is 0.303. The number of halogens is 1. The molecule has 1 saturated heterocycles. The van der Waals surface area contributed by atoms with E-state index < -0.39 is 0 Å². The maximum Gasteiger partial charge on any atom is 0.283 e. The molecule has 164 valence electrons. The van der Waals surface area contributed by atoms with Gasteiger partial charge in [-0.3, -0.25) is 4.79 Å². The van der Waals surface area contributed by atoms with E-state index in [9.17, 15) is 4.79 Å². The number of benzene rings is 1. The molecule has 1 atom stereocenters. The van der Waals surface area contributed by atoms with Crippen LogP contribution in [0, 0.1) is 0 Å². The van der Waals surface area contributed by atoms with Gasteiger partial charge >= 0.3 is 0 Å². The smallest absolute Gasteiger partial charge is 0.283 e. The standard InChI is InChI=1S/C22H29ClN2O4S/c1-22(2,3)19-14-25(13-16-6-5-9-28-16)21(30-19)24-20(26)17-12-15(23)7-8-18(17)29-11-10-27-4/h7-8,12,14,16H,5-6,9-11,13H2,1-4H3/t16-/m1/s1. The van der Waals surface area contributed by atoms with Gasteiger partial charge in [0.05, 0.1) is 24.8 Å². The van der Waals surface area contributed by atoms with Crippen molar-refractivity contribution in [1.29, 1.82) is 0 Å². The molecule has 1 aromatic heterocycles. The van der Waals surface area contributed by atoms with Crippen molar-refractivity contribution < 1.29 is 19.0 Å². The Balaban J connectivity index is 1.96. The predicted octanol–water partition coefficient (Wildman–Crippen LogP) is 4.45. The van der Waals surface area contributed by atoms with E-state index in [4.69, 9.17) is 25.8 Å². The lowest BCUT2D eigenvalue weighted by Crippen LogP contribution is -2.23. The number of hydrogen-bond acceptors (Lipinski definition) is 5. The molecule has 1 amide bonds. The maximum atomic E-state index is 13.1. The van der Waals surface area contributed by atoms with Crippen LogP contribution in [0.1, 0.15) is 48.8 Å². The zero-order valence-electron chi connectivity index (χ0n) is 17.9. The van der Waals surface area contributed by atoms with Crippen LogP contribution < -0.4 is 9.54 Å². The molecule has 0 bridgehead atoms. The third-order valence-electron chi connectivity index (χ3n) is 4.80. The lowest BCUT2D eigenvalue weighted by Gasteiger charge is -2.15. The molecule has 0 N–H and O–H groups in total. The molecule has 1 aliphatic heterocycles. The Bertz CT molecular complexity index is 939. The van der Waals surface area contributed by atoms with Crippen molar-refractivity contribution in [3.8, 4) is 5.75 Å². The van der Waals surface area contributed by atoms with Crippen LogP contribution in [0.5, 0.6) is 5.75 Å². The second-order valence-electron chi connectivity index (χ2n) is 8.31. The lowest BCUT2D eigenvalue weighted by atomic mass is 9.95. The summed E-state index contributed by atoms with van der Waals surface area (Å²) >= 11 is 7.67. The minimum Gasteiger partial charge on any atom is -0.490 e. The average molecular weight is 453 g/mol. The summed E-state index contributed by atoms with van der Waals surface area (Å²) in [4.78, 5) is 19.4. The Morgan fingerprint density at radius 1 is 1.37 bits per heavy atom. The number of nitrogens with zero attached hydrogens (tertiary/aromatic N) is 2. The molecule has 2 aromatic rings. The highest BCUT2D eigenvalue weighted by molar-refractivity contribution is 7.09. The molecular formula is C22H29ClN2O4S. The number of hydrogen-bond donors (Lipinski definition) is 0. The molecule has 0 saturated carbocycles. The highest BCUT2D eigenvalue weighted by atomic mass is 35.5. The number of methoxy groups -OCH3 is 1. The van der Waals surface area contributed by atoms with Crippen LogP contribution in [-0.2, 0) is 21.4 Å². The monoisotopic (exact) mass is 452 g/mol. The van der Waals surface area contributed by atoms with Gasteiger partial charge < -0.3 is 18.8 Å². The fraction of sp³-hybridized carbons (Fsp3) is 0.545. The van der Waals surface area contributed by atoms with E-state index in [2.05, 4.69) is 32.0 Å². The number of carbonyl (C=O) groups is 1. The van der Waals surface area contributed by atoms with Gasteiger partial charge in [-0.25, -0.2) is 0 Å². The number of aromatic nitrogens is 1. The van der Waals surface area contributed by atoms with E-state index in [0.717, 1.165) is 24.3 Å². The van der Waals surface area contributed by atoms with Crippen LogP contribution in [0.25, 0.3) is 0 Å². The van der Waals surface area contributed by atoms with E-state index >= 15 is 0 Å². The molecule has 6 nitrogen and oxygen atoms in total. The Morgan fingerprint density at radius 3 is 2.83 bits per heavy atom. The summed E-state index contributed by atoms with van der Waals surface area (Å²) in [5, 5.41) is 0.460. The van der Waals surface area contributed by atoms with Crippen molar-refractivity contribution in [2.75, 3.05) is 26.9 Å². The van der Waals surface area contributed by atoms with E-state index in [1.165, 1.54) is 11.3 Å². The van der Waals surface area contributed by atoms with Gasteiger partial charge in [0.25, 0.3) is 5.91 Å². The largest absolute Gasteiger partial charge is 0.490 e. The molecule has 0 radical (unpaired) electrons. The van der Waals surface area contributed by atoms with Crippen LogP contribution in [0.3, 0.4) is 0 Å².